The van der Waals surface area contributed by atoms with Crippen molar-refractivity contribution < 1.29 is 4.74 Å². The Bertz CT molecular complexity index is 482. The van der Waals surface area contributed by atoms with Crippen LogP contribution in [0.5, 0.6) is 5.88 Å². The van der Waals surface area contributed by atoms with E-state index in [1.54, 1.807) is 0 Å². The fourth-order valence-corrected chi connectivity index (χ4v) is 2.06. The predicted octanol–water partition coefficient (Wildman–Crippen LogP) is 2.13. The lowest BCUT2D eigenvalue weighted by atomic mass is 10.3. The zero-order valence-corrected chi connectivity index (χ0v) is 9.41. The van der Waals surface area contributed by atoms with E-state index in [1.165, 1.54) is 0 Å². The standard InChI is InChI=1S/C9H8IN3O/c10-7-4-14-9-6(12-7)3-5-1-2-11-8(5)13-9/h1-3,7,12H,4H2,(H,11,13). The molecular weight excluding hydrogens is 293 g/mol. The van der Waals surface area contributed by atoms with Crippen LogP contribution in [-0.2, 0) is 0 Å². The van der Waals surface area contributed by atoms with Gasteiger partial charge in [0.15, 0.2) is 0 Å². The first kappa shape index (κ1) is 8.34. The molecule has 14 heavy (non-hydrogen) atoms. The quantitative estimate of drug-likeness (QED) is 0.445. The Morgan fingerprint density at radius 2 is 2.50 bits per heavy atom. The lowest BCUT2D eigenvalue weighted by Crippen LogP contribution is -2.26. The molecule has 1 aliphatic heterocycles. The van der Waals surface area contributed by atoms with Crippen LogP contribution in [0.15, 0.2) is 18.3 Å². The smallest absolute Gasteiger partial charge is 0.239 e. The fourth-order valence-electron chi connectivity index (χ4n) is 1.54. The minimum absolute atomic E-state index is 0.318. The Kier molecular flexibility index (Phi) is 1.79. The lowest BCUT2D eigenvalue weighted by molar-refractivity contribution is 0.306. The maximum absolute atomic E-state index is 5.51. The van der Waals surface area contributed by atoms with Gasteiger partial charge >= 0.3 is 0 Å². The third-order valence-electron chi connectivity index (χ3n) is 2.18. The normalized spacial score (nSPS) is 19.9. The van der Waals surface area contributed by atoms with Crippen LogP contribution in [-0.4, -0.2) is 20.6 Å². The average molecular weight is 301 g/mol. The van der Waals surface area contributed by atoms with Crippen LogP contribution in [0.4, 0.5) is 5.69 Å². The van der Waals surface area contributed by atoms with Crippen molar-refractivity contribution in [2.75, 3.05) is 11.9 Å². The van der Waals surface area contributed by atoms with Crippen molar-refractivity contribution in [3.05, 3.63) is 18.3 Å². The molecular formula is C9H8IN3O. The first-order valence-electron chi connectivity index (χ1n) is 4.34. The maximum Gasteiger partial charge on any atom is 0.239 e. The average Bonchev–Trinajstić information content (AvgIpc) is 2.61. The summed E-state index contributed by atoms with van der Waals surface area (Å²) in [6.45, 7) is 0.659. The van der Waals surface area contributed by atoms with Gasteiger partial charge < -0.3 is 15.0 Å². The van der Waals surface area contributed by atoms with Gasteiger partial charge in [-0.15, -0.1) is 0 Å². The molecule has 0 aliphatic carbocycles. The van der Waals surface area contributed by atoms with Crippen LogP contribution >= 0.6 is 22.6 Å². The van der Waals surface area contributed by atoms with Gasteiger partial charge in [0.25, 0.3) is 0 Å². The number of aromatic nitrogens is 2. The van der Waals surface area contributed by atoms with E-state index in [-0.39, 0.29) is 0 Å². The van der Waals surface area contributed by atoms with E-state index in [9.17, 15) is 0 Å². The number of aromatic amines is 1. The van der Waals surface area contributed by atoms with Crippen molar-refractivity contribution in [3.8, 4) is 5.88 Å². The van der Waals surface area contributed by atoms with E-state index >= 15 is 0 Å². The summed E-state index contributed by atoms with van der Waals surface area (Å²) in [5.74, 6) is 0.688. The Hall–Kier alpha value is -0.980. The molecule has 1 aliphatic rings. The summed E-state index contributed by atoms with van der Waals surface area (Å²) in [6, 6.07) is 4.06. The molecule has 5 heteroatoms. The molecule has 0 amide bonds. The maximum atomic E-state index is 5.51. The van der Waals surface area contributed by atoms with Gasteiger partial charge in [0.2, 0.25) is 5.88 Å². The highest BCUT2D eigenvalue weighted by Gasteiger charge is 2.18. The Labute approximate surface area is 94.2 Å². The van der Waals surface area contributed by atoms with E-state index in [2.05, 4.69) is 43.9 Å². The number of ether oxygens (including phenoxy) is 1. The summed E-state index contributed by atoms with van der Waals surface area (Å²) < 4.78 is 5.83. The topological polar surface area (TPSA) is 49.9 Å². The van der Waals surface area contributed by atoms with Crippen molar-refractivity contribution in [3.63, 3.8) is 0 Å². The summed E-state index contributed by atoms with van der Waals surface area (Å²) in [7, 11) is 0. The second kappa shape index (κ2) is 3.01. The first-order valence-corrected chi connectivity index (χ1v) is 5.59. The van der Waals surface area contributed by atoms with E-state index in [4.69, 9.17) is 4.74 Å². The van der Waals surface area contributed by atoms with Crippen molar-refractivity contribution >= 4 is 39.3 Å². The largest absolute Gasteiger partial charge is 0.473 e. The molecule has 1 unspecified atom stereocenters. The summed E-state index contributed by atoms with van der Waals surface area (Å²) in [4.78, 5) is 7.43. The Morgan fingerprint density at radius 3 is 3.43 bits per heavy atom. The number of rotatable bonds is 0. The molecule has 0 aromatic carbocycles. The third kappa shape index (κ3) is 1.23. The molecule has 3 rings (SSSR count). The summed E-state index contributed by atoms with van der Waals surface area (Å²) in [5.41, 5.74) is 1.85. The molecule has 3 heterocycles. The van der Waals surface area contributed by atoms with E-state index in [1.807, 2.05) is 12.3 Å². The van der Waals surface area contributed by atoms with Crippen LogP contribution in [0.25, 0.3) is 11.0 Å². The summed E-state index contributed by atoms with van der Waals surface area (Å²) >= 11 is 2.30. The van der Waals surface area contributed by atoms with E-state index in [0.29, 0.717) is 16.5 Å². The van der Waals surface area contributed by atoms with Gasteiger partial charge in [-0.05, 0) is 12.1 Å². The number of H-pyrrole nitrogens is 1. The second-order valence-electron chi connectivity index (χ2n) is 3.18. The second-order valence-corrected chi connectivity index (χ2v) is 4.68. The number of nitrogens with zero attached hydrogens (tertiary/aromatic N) is 1. The third-order valence-corrected chi connectivity index (χ3v) is 2.85. The van der Waals surface area contributed by atoms with Crippen LogP contribution in [0, 0.1) is 0 Å². The SMILES string of the molecule is IC1COc2nc3[nH]ccc3cc2N1. The van der Waals surface area contributed by atoms with Gasteiger partial charge in [0.1, 0.15) is 16.3 Å². The number of nitrogens with one attached hydrogen (secondary N) is 2. The van der Waals surface area contributed by atoms with Crippen LogP contribution in [0.2, 0.25) is 0 Å². The summed E-state index contributed by atoms with van der Waals surface area (Å²) in [5, 5.41) is 4.43. The van der Waals surface area contributed by atoms with Crippen molar-refractivity contribution in [1.82, 2.24) is 9.97 Å². The lowest BCUT2D eigenvalue weighted by Gasteiger charge is -2.22. The van der Waals surface area contributed by atoms with Crippen molar-refractivity contribution in [2.45, 2.75) is 4.05 Å². The number of fused-ring (bicyclic) bond motifs is 2. The number of halogens is 1. The van der Waals surface area contributed by atoms with Crippen LogP contribution < -0.4 is 10.1 Å². The van der Waals surface area contributed by atoms with Crippen LogP contribution in [0.1, 0.15) is 0 Å². The molecule has 4 nitrogen and oxygen atoms in total. The van der Waals surface area contributed by atoms with Crippen molar-refractivity contribution in [1.29, 1.82) is 0 Å². The summed E-state index contributed by atoms with van der Waals surface area (Å²) in [6.07, 6.45) is 1.88. The predicted molar refractivity (Wildman–Crippen MR) is 63.0 cm³/mol. The molecule has 1 atom stereocenters. The fraction of sp³-hybridized carbons (Fsp3) is 0.222. The van der Waals surface area contributed by atoms with Gasteiger partial charge in [-0.25, -0.2) is 0 Å². The number of alkyl halides is 1. The Balaban J connectivity index is 2.19. The number of hydrogen-bond donors (Lipinski definition) is 2. The molecule has 0 saturated heterocycles. The number of anilines is 1. The highest BCUT2D eigenvalue weighted by Crippen LogP contribution is 2.31. The number of pyridine rings is 1. The Morgan fingerprint density at radius 1 is 1.57 bits per heavy atom. The van der Waals surface area contributed by atoms with Crippen molar-refractivity contribution in [2.24, 2.45) is 0 Å². The van der Waals surface area contributed by atoms with Gasteiger partial charge in [-0.3, -0.25) is 0 Å². The molecule has 0 radical (unpaired) electrons. The highest BCUT2D eigenvalue weighted by molar-refractivity contribution is 14.1. The van der Waals surface area contributed by atoms with Gasteiger partial charge in [-0.1, -0.05) is 22.6 Å². The number of hydrogen-bond acceptors (Lipinski definition) is 3. The molecule has 2 N–H and O–H groups in total. The first-order chi connectivity index (χ1) is 6.83. The molecule has 0 saturated carbocycles. The molecule has 0 spiro atoms. The molecule has 72 valence electrons. The van der Waals surface area contributed by atoms with E-state index in [0.717, 1.165) is 16.7 Å². The minimum atomic E-state index is 0.318. The molecule has 0 fully saturated rings. The molecule has 2 aromatic heterocycles. The molecule has 0 bridgehead atoms. The van der Waals surface area contributed by atoms with Gasteiger partial charge in [0, 0.05) is 11.6 Å². The zero-order valence-electron chi connectivity index (χ0n) is 7.25. The van der Waals surface area contributed by atoms with Crippen LogP contribution in [0.3, 0.4) is 0 Å². The molecule has 2 aromatic rings. The highest BCUT2D eigenvalue weighted by atomic mass is 127. The monoisotopic (exact) mass is 301 g/mol. The van der Waals surface area contributed by atoms with Gasteiger partial charge in [-0.2, -0.15) is 4.98 Å². The minimum Gasteiger partial charge on any atom is -0.473 e. The zero-order chi connectivity index (χ0) is 9.54. The van der Waals surface area contributed by atoms with Gasteiger partial charge in [0.05, 0.1) is 5.69 Å². The van der Waals surface area contributed by atoms with E-state index < -0.39 is 0 Å².